The number of anilines is 1. The number of aromatic nitrogens is 1. The molecule has 0 saturated heterocycles. The van der Waals surface area contributed by atoms with Gasteiger partial charge in [-0.1, -0.05) is 0 Å². The van der Waals surface area contributed by atoms with Crippen LogP contribution < -0.4 is 14.8 Å². The molecule has 3 rings (SSSR count). The van der Waals surface area contributed by atoms with Crippen LogP contribution in [0.5, 0.6) is 11.5 Å². The number of aliphatic carboxylic acids is 1. The van der Waals surface area contributed by atoms with Crippen molar-refractivity contribution in [2.24, 2.45) is 0 Å². The van der Waals surface area contributed by atoms with Gasteiger partial charge in [-0.15, -0.1) is 11.3 Å². The number of carbonyl (C=O) groups excluding carboxylic acids is 1. The normalized spacial score (nSPS) is 12.2. The van der Waals surface area contributed by atoms with E-state index in [1.807, 2.05) is 0 Å². The van der Waals surface area contributed by atoms with Gasteiger partial charge >= 0.3 is 5.97 Å². The monoisotopic (exact) mass is 320 g/mol. The second-order valence-electron chi connectivity index (χ2n) is 4.60. The first-order valence-electron chi connectivity index (χ1n) is 6.45. The van der Waals surface area contributed by atoms with Crippen LogP contribution in [0.15, 0.2) is 23.6 Å². The van der Waals surface area contributed by atoms with Crippen LogP contribution >= 0.6 is 11.3 Å². The third kappa shape index (κ3) is 3.34. The predicted molar refractivity (Wildman–Crippen MR) is 78.4 cm³/mol. The average Bonchev–Trinajstić information content (AvgIpc) is 3.06. The number of carboxylic acids is 1. The fourth-order valence-corrected chi connectivity index (χ4v) is 2.78. The van der Waals surface area contributed by atoms with Crippen LogP contribution in [0.4, 0.5) is 5.69 Å². The molecule has 1 aromatic carbocycles. The van der Waals surface area contributed by atoms with E-state index in [0.717, 1.165) is 0 Å². The number of ether oxygens (including phenoxy) is 2. The highest BCUT2D eigenvalue weighted by Crippen LogP contribution is 2.34. The number of nitrogens with one attached hydrogen (secondary N) is 1. The summed E-state index contributed by atoms with van der Waals surface area (Å²) in [4.78, 5) is 26.7. The molecule has 0 fully saturated rings. The molecular weight excluding hydrogens is 308 g/mol. The van der Waals surface area contributed by atoms with E-state index in [-0.39, 0.29) is 25.5 Å². The number of rotatable bonds is 5. The van der Waals surface area contributed by atoms with Crippen molar-refractivity contribution in [3.05, 3.63) is 34.3 Å². The largest absolute Gasteiger partial charge is 0.481 e. The summed E-state index contributed by atoms with van der Waals surface area (Å²) in [6, 6.07) is 5.15. The molecular formula is C14H12N2O5S. The fraction of sp³-hybridized carbons (Fsp3) is 0.214. The minimum atomic E-state index is -0.943. The Labute approximate surface area is 129 Å². The number of carbonyl (C=O) groups is 2. The summed E-state index contributed by atoms with van der Waals surface area (Å²) < 4.78 is 10.4. The summed E-state index contributed by atoms with van der Waals surface area (Å²) in [5.41, 5.74) is 1.07. The maximum atomic E-state index is 12.0. The van der Waals surface area contributed by atoms with E-state index in [1.54, 1.807) is 23.6 Å². The third-order valence-corrected chi connectivity index (χ3v) is 3.80. The first-order chi connectivity index (χ1) is 10.6. The average molecular weight is 320 g/mol. The molecule has 22 heavy (non-hydrogen) atoms. The minimum absolute atomic E-state index is 0.0960. The highest BCUT2D eigenvalue weighted by molar-refractivity contribution is 7.09. The molecule has 0 bridgehead atoms. The van der Waals surface area contributed by atoms with Gasteiger partial charge in [-0.25, -0.2) is 4.98 Å². The van der Waals surface area contributed by atoms with Crippen LogP contribution in [0.3, 0.4) is 0 Å². The van der Waals surface area contributed by atoms with Crippen LogP contribution in [-0.2, 0) is 22.4 Å². The molecule has 2 N–H and O–H groups in total. The molecule has 1 aliphatic rings. The number of benzene rings is 1. The third-order valence-electron chi connectivity index (χ3n) is 2.90. The van der Waals surface area contributed by atoms with Crippen molar-refractivity contribution in [3.8, 4) is 11.5 Å². The lowest BCUT2D eigenvalue weighted by Crippen LogP contribution is -2.14. The maximum Gasteiger partial charge on any atom is 0.309 e. The van der Waals surface area contributed by atoms with Gasteiger partial charge in [0.25, 0.3) is 0 Å². The Morgan fingerprint density at radius 2 is 2.09 bits per heavy atom. The van der Waals surface area contributed by atoms with Crippen LogP contribution in [0.2, 0.25) is 0 Å². The van der Waals surface area contributed by atoms with Crippen molar-refractivity contribution in [1.82, 2.24) is 4.98 Å². The smallest absolute Gasteiger partial charge is 0.309 e. The van der Waals surface area contributed by atoms with Gasteiger partial charge in [-0.2, -0.15) is 0 Å². The number of carboxylic acid groups (broad SMARTS) is 1. The first kappa shape index (κ1) is 14.3. The van der Waals surface area contributed by atoms with E-state index in [9.17, 15) is 9.59 Å². The highest BCUT2D eigenvalue weighted by Gasteiger charge is 2.15. The van der Waals surface area contributed by atoms with E-state index in [2.05, 4.69) is 10.3 Å². The van der Waals surface area contributed by atoms with E-state index < -0.39 is 5.97 Å². The zero-order valence-electron chi connectivity index (χ0n) is 11.4. The Morgan fingerprint density at radius 3 is 2.91 bits per heavy atom. The van der Waals surface area contributed by atoms with Crippen molar-refractivity contribution in [1.29, 1.82) is 0 Å². The van der Waals surface area contributed by atoms with Gasteiger partial charge in [0.2, 0.25) is 12.7 Å². The molecule has 0 aliphatic carbocycles. The van der Waals surface area contributed by atoms with Gasteiger partial charge in [-0.3, -0.25) is 9.59 Å². The quantitative estimate of drug-likeness (QED) is 0.870. The molecule has 0 radical (unpaired) electrons. The van der Waals surface area contributed by atoms with E-state index in [1.165, 1.54) is 11.3 Å². The molecule has 7 nitrogen and oxygen atoms in total. The molecule has 8 heteroatoms. The number of nitrogens with zero attached hydrogens (tertiary/aromatic N) is 1. The molecule has 0 spiro atoms. The molecule has 2 heterocycles. The number of hydrogen-bond donors (Lipinski definition) is 2. The van der Waals surface area contributed by atoms with Crippen LogP contribution in [0, 0.1) is 0 Å². The Bertz CT molecular complexity index is 728. The van der Waals surface area contributed by atoms with Gasteiger partial charge < -0.3 is 19.9 Å². The second-order valence-corrected chi connectivity index (χ2v) is 5.54. The highest BCUT2D eigenvalue weighted by atomic mass is 32.1. The van der Waals surface area contributed by atoms with E-state index in [4.69, 9.17) is 14.6 Å². The minimum Gasteiger partial charge on any atom is -0.481 e. The van der Waals surface area contributed by atoms with Gasteiger partial charge in [0.05, 0.1) is 18.5 Å². The molecule has 114 valence electrons. The Hall–Kier alpha value is -2.61. The summed E-state index contributed by atoms with van der Waals surface area (Å²) in [6.45, 7) is 0.179. The first-order valence-corrected chi connectivity index (χ1v) is 7.33. The lowest BCUT2D eigenvalue weighted by atomic mass is 10.2. The summed E-state index contributed by atoms with van der Waals surface area (Å²) in [5.74, 6) is 0.0729. The van der Waals surface area contributed by atoms with Crippen LogP contribution in [0.25, 0.3) is 0 Å². The Kier molecular flexibility index (Phi) is 3.92. The van der Waals surface area contributed by atoms with Gasteiger partial charge in [-0.05, 0) is 12.1 Å². The SMILES string of the molecule is O=C(O)Cc1csc(CC(=O)Nc2ccc3c(c2)OCO3)n1. The second kappa shape index (κ2) is 6.02. The van der Waals surface area contributed by atoms with Crippen molar-refractivity contribution < 1.29 is 24.2 Å². The van der Waals surface area contributed by atoms with E-state index in [0.29, 0.717) is 27.9 Å². The van der Waals surface area contributed by atoms with Gasteiger partial charge in [0, 0.05) is 17.1 Å². The van der Waals surface area contributed by atoms with Crippen LogP contribution in [-0.4, -0.2) is 28.8 Å². The van der Waals surface area contributed by atoms with E-state index >= 15 is 0 Å². The zero-order chi connectivity index (χ0) is 15.5. The van der Waals surface area contributed by atoms with Crippen molar-refractivity contribution in [3.63, 3.8) is 0 Å². The summed E-state index contributed by atoms with van der Waals surface area (Å²) in [5, 5.41) is 13.7. The number of amides is 1. The molecule has 0 unspecified atom stereocenters. The molecule has 0 atom stereocenters. The van der Waals surface area contributed by atoms with Crippen molar-refractivity contribution in [2.75, 3.05) is 12.1 Å². The Morgan fingerprint density at radius 1 is 1.27 bits per heavy atom. The molecule has 1 aromatic heterocycles. The topological polar surface area (TPSA) is 97.8 Å². The lowest BCUT2D eigenvalue weighted by molar-refractivity contribution is -0.136. The van der Waals surface area contributed by atoms with Crippen LogP contribution in [0.1, 0.15) is 10.7 Å². The predicted octanol–water partition coefficient (Wildman–Crippen LogP) is 1.68. The summed E-state index contributed by atoms with van der Waals surface area (Å²) in [7, 11) is 0. The van der Waals surface area contributed by atoms with Gasteiger partial charge in [0.1, 0.15) is 5.01 Å². The lowest BCUT2D eigenvalue weighted by Gasteiger charge is -2.05. The number of hydrogen-bond acceptors (Lipinski definition) is 6. The summed E-state index contributed by atoms with van der Waals surface area (Å²) in [6.07, 6.45) is -0.0427. The number of fused-ring (bicyclic) bond motifs is 1. The van der Waals surface area contributed by atoms with Crippen molar-refractivity contribution >= 4 is 28.9 Å². The molecule has 1 aliphatic heterocycles. The maximum absolute atomic E-state index is 12.0. The standard InChI is InChI=1S/C14H12N2O5S/c17-12(5-13-16-9(6-22-13)4-14(18)19)15-8-1-2-10-11(3-8)21-7-20-10/h1-3,6H,4-5,7H2,(H,15,17)(H,18,19). The molecule has 2 aromatic rings. The summed E-state index contributed by atoms with van der Waals surface area (Å²) >= 11 is 1.27. The zero-order valence-corrected chi connectivity index (χ0v) is 12.2. The molecule has 0 saturated carbocycles. The number of thiazole rings is 1. The fourth-order valence-electron chi connectivity index (χ4n) is 1.98. The molecule has 1 amide bonds. The Balaban J connectivity index is 1.60. The van der Waals surface area contributed by atoms with Crippen molar-refractivity contribution in [2.45, 2.75) is 12.8 Å². The van der Waals surface area contributed by atoms with Gasteiger partial charge in [0.15, 0.2) is 11.5 Å².